The molecule has 0 atom stereocenters. The van der Waals surface area contributed by atoms with Crippen molar-refractivity contribution in [3.05, 3.63) is 33.8 Å². The number of aryl methyl sites for hydroxylation is 1. The van der Waals surface area contributed by atoms with Crippen LogP contribution in [-0.4, -0.2) is 8.32 Å². The molecule has 0 fully saturated rings. The Labute approximate surface area is 95.7 Å². The maximum atomic E-state index is 5.86. The van der Waals surface area contributed by atoms with Crippen molar-refractivity contribution in [2.75, 3.05) is 0 Å². The summed E-state index contributed by atoms with van der Waals surface area (Å²) in [6, 6.07) is 6.32. The van der Waals surface area contributed by atoms with Crippen molar-refractivity contribution in [1.29, 1.82) is 0 Å². The summed E-state index contributed by atoms with van der Waals surface area (Å²) in [6.07, 6.45) is 0. The molecular formula is C11H17BrOSi. The third-order valence-corrected chi connectivity index (χ3v) is 3.47. The first-order valence-corrected chi connectivity index (χ1v) is 8.97. The Hall–Kier alpha value is -0.123. The van der Waals surface area contributed by atoms with Crippen LogP contribution in [0.1, 0.15) is 11.1 Å². The van der Waals surface area contributed by atoms with Gasteiger partial charge in [0.05, 0.1) is 6.61 Å². The second kappa shape index (κ2) is 4.60. The van der Waals surface area contributed by atoms with Crippen LogP contribution in [-0.2, 0) is 11.0 Å². The van der Waals surface area contributed by atoms with E-state index < -0.39 is 8.32 Å². The molecule has 0 amide bonds. The fourth-order valence-electron chi connectivity index (χ4n) is 1.12. The minimum Gasteiger partial charge on any atom is -0.413 e. The summed E-state index contributed by atoms with van der Waals surface area (Å²) in [6.45, 7) is 9.49. The van der Waals surface area contributed by atoms with Gasteiger partial charge in [0.15, 0.2) is 8.32 Å². The van der Waals surface area contributed by atoms with Crippen LogP contribution in [0.2, 0.25) is 19.6 Å². The molecule has 0 saturated carbocycles. The van der Waals surface area contributed by atoms with Gasteiger partial charge in [-0.05, 0) is 49.8 Å². The first kappa shape index (κ1) is 11.9. The fourth-order valence-corrected chi connectivity index (χ4v) is 2.18. The predicted octanol–water partition coefficient (Wildman–Crippen LogP) is 4.11. The molecule has 0 aromatic heterocycles. The molecule has 1 nitrogen and oxygen atoms in total. The molecule has 3 heteroatoms. The number of halogens is 1. The van der Waals surface area contributed by atoms with Crippen molar-refractivity contribution in [2.45, 2.75) is 33.2 Å². The lowest BCUT2D eigenvalue weighted by atomic mass is 10.1. The van der Waals surface area contributed by atoms with Gasteiger partial charge in [-0.1, -0.05) is 22.0 Å². The van der Waals surface area contributed by atoms with E-state index in [0.717, 1.165) is 11.1 Å². The van der Waals surface area contributed by atoms with Gasteiger partial charge in [-0.25, -0.2) is 0 Å². The second-order valence-electron chi connectivity index (χ2n) is 4.47. The third kappa shape index (κ3) is 3.94. The van der Waals surface area contributed by atoms with E-state index in [1.165, 1.54) is 11.1 Å². The van der Waals surface area contributed by atoms with Crippen molar-refractivity contribution in [1.82, 2.24) is 0 Å². The van der Waals surface area contributed by atoms with E-state index in [0.29, 0.717) is 0 Å². The monoisotopic (exact) mass is 272 g/mol. The lowest BCUT2D eigenvalue weighted by Gasteiger charge is -2.18. The van der Waals surface area contributed by atoms with Crippen LogP contribution in [0.15, 0.2) is 22.7 Å². The highest BCUT2D eigenvalue weighted by Crippen LogP contribution is 2.18. The van der Waals surface area contributed by atoms with Crippen LogP contribution in [0.4, 0.5) is 0 Å². The van der Waals surface area contributed by atoms with Crippen LogP contribution in [0, 0.1) is 6.92 Å². The van der Waals surface area contributed by atoms with Crippen molar-refractivity contribution in [2.24, 2.45) is 0 Å². The van der Waals surface area contributed by atoms with E-state index in [1.807, 2.05) is 0 Å². The Morgan fingerprint density at radius 2 is 1.93 bits per heavy atom. The molecule has 1 aromatic rings. The quantitative estimate of drug-likeness (QED) is 0.753. The van der Waals surface area contributed by atoms with Gasteiger partial charge in [0.1, 0.15) is 0 Å². The van der Waals surface area contributed by atoms with Crippen LogP contribution in [0.5, 0.6) is 0 Å². The van der Waals surface area contributed by atoms with E-state index in [2.05, 4.69) is 60.7 Å². The van der Waals surface area contributed by atoms with Gasteiger partial charge in [-0.3, -0.25) is 0 Å². The highest BCUT2D eigenvalue weighted by molar-refractivity contribution is 9.10. The lowest BCUT2D eigenvalue weighted by molar-refractivity contribution is 0.298. The van der Waals surface area contributed by atoms with E-state index >= 15 is 0 Å². The summed E-state index contributed by atoms with van der Waals surface area (Å²) in [5.41, 5.74) is 2.58. The van der Waals surface area contributed by atoms with Crippen LogP contribution in [0.25, 0.3) is 0 Å². The van der Waals surface area contributed by atoms with Gasteiger partial charge >= 0.3 is 0 Å². The fraction of sp³-hybridized carbons (Fsp3) is 0.455. The Morgan fingerprint density at radius 1 is 1.29 bits per heavy atom. The topological polar surface area (TPSA) is 9.23 Å². The average Bonchev–Trinajstić information content (AvgIpc) is 2.00. The standard InChI is InChI=1S/C11H17BrOSi/c1-9-7-11(12)6-5-10(9)8-13-14(2,3)4/h5-7H,8H2,1-4H3. The summed E-state index contributed by atoms with van der Waals surface area (Å²) >= 11 is 3.45. The van der Waals surface area contributed by atoms with Crippen LogP contribution in [0.3, 0.4) is 0 Å². The van der Waals surface area contributed by atoms with Crippen LogP contribution < -0.4 is 0 Å². The highest BCUT2D eigenvalue weighted by atomic mass is 79.9. The molecule has 0 aliphatic rings. The van der Waals surface area contributed by atoms with E-state index in [1.54, 1.807) is 0 Å². The zero-order valence-electron chi connectivity index (χ0n) is 9.23. The molecule has 78 valence electrons. The highest BCUT2D eigenvalue weighted by Gasteiger charge is 2.14. The maximum absolute atomic E-state index is 5.86. The normalized spacial score (nSPS) is 11.8. The Balaban J connectivity index is 2.68. The first-order valence-electron chi connectivity index (χ1n) is 4.77. The second-order valence-corrected chi connectivity index (χ2v) is 9.90. The van der Waals surface area contributed by atoms with Gasteiger partial charge in [0.25, 0.3) is 0 Å². The molecule has 0 aliphatic carbocycles. The molecule has 0 N–H and O–H groups in total. The molecule has 0 unspecified atom stereocenters. The zero-order chi connectivity index (χ0) is 10.8. The van der Waals surface area contributed by atoms with Gasteiger partial charge in [0, 0.05) is 4.47 Å². The van der Waals surface area contributed by atoms with Crippen LogP contribution >= 0.6 is 15.9 Å². The van der Waals surface area contributed by atoms with Gasteiger partial charge in [-0.2, -0.15) is 0 Å². The molecular weight excluding hydrogens is 256 g/mol. The van der Waals surface area contributed by atoms with E-state index in [9.17, 15) is 0 Å². The zero-order valence-corrected chi connectivity index (χ0v) is 11.8. The van der Waals surface area contributed by atoms with E-state index in [-0.39, 0.29) is 0 Å². The SMILES string of the molecule is Cc1cc(Br)ccc1CO[Si](C)(C)C. The van der Waals surface area contributed by atoms with Gasteiger partial charge < -0.3 is 4.43 Å². The van der Waals surface area contributed by atoms with Gasteiger partial charge in [-0.15, -0.1) is 0 Å². The molecule has 0 spiro atoms. The molecule has 14 heavy (non-hydrogen) atoms. The minimum absolute atomic E-state index is 0.745. The van der Waals surface area contributed by atoms with E-state index in [4.69, 9.17) is 4.43 Å². The number of benzene rings is 1. The maximum Gasteiger partial charge on any atom is 0.184 e. The third-order valence-electron chi connectivity index (χ3n) is 1.97. The summed E-state index contributed by atoms with van der Waals surface area (Å²) < 4.78 is 6.99. The number of rotatable bonds is 3. The molecule has 1 aromatic carbocycles. The van der Waals surface area contributed by atoms with Crippen molar-refractivity contribution in [3.63, 3.8) is 0 Å². The largest absolute Gasteiger partial charge is 0.413 e. The minimum atomic E-state index is -1.39. The lowest BCUT2D eigenvalue weighted by Crippen LogP contribution is -2.25. The molecule has 0 heterocycles. The number of hydrogen-bond donors (Lipinski definition) is 0. The van der Waals surface area contributed by atoms with Crippen molar-refractivity contribution >= 4 is 24.2 Å². The Kier molecular flexibility index (Phi) is 3.92. The smallest absolute Gasteiger partial charge is 0.184 e. The molecule has 1 rings (SSSR count). The summed E-state index contributed by atoms with van der Waals surface area (Å²) in [5.74, 6) is 0. The van der Waals surface area contributed by atoms with Gasteiger partial charge in [0.2, 0.25) is 0 Å². The molecule has 0 bridgehead atoms. The Bertz CT molecular complexity index is 318. The molecule has 0 saturated heterocycles. The predicted molar refractivity (Wildman–Crippen MR) is 67.0 cm³/mol. The summed E-state index contributed by atoms with van der Waals surface area (Å²) in [5, 5.41) is 0. The number of hydrogen-bond acceptors (Lipinski definition) is 1. The summed E-state index contributed by atoms with van der Waals surface area (Å²) in [7, 11) is -1.39. The Morgan fingerprint density at radius 3 is 2.43 bits per heavy atom. The molecule has 0 aliphatic heterocycles. The average molecular weight is 273 g/mol. The first-order chi connectivity index (χ1) is 6.38. The summed E-state index contributed by atoms with van der Waals surface area (Å²) in [4.78, 5) is 0. The van der Waals surface area contributed by atoms with Crippen molar-refractivity contribution in [3.8, 4) is 0 Å². The molecule has 0 radical (unpaired) electrons. The van der Waals surface area contributed by atoms with Crippen molar-refractivity contribution < 1.29 is 4.43 Å².